The van der Waals surface area contributed by atoms with Gasteiger partial charge in [-0.05, 0) is 49.6 Å². The number of hydrogen-bond acceptors (Lipinski definition) is 3. The van der Waals surface area contributed by atoms with Gasteiger partial charge in [0.15, 0.2) is 11.7 Å². The zero-order chi connectivity index (χ0) is 19.4. The summed E-state index contributed by atoms with van der Waals surface area (Å²) < 4.78 is 5.81. The van der Waals surface area contributed by atoms with Crippen molar-refractivity contribution < 1.29 is 9.21 Å². The molecule has 0 fully saturated rings. The maximum Gasteiger partial charge on any atom is 0.220 e. The number of benzene rings is 2. The van der Waals surface area contributed by atoms with Crippen LogP contribution in [0.4, 0.5) is 0 Å². The van der Waals surface area contributed by atoms with E-state index in [1.807, 2.05) is 37.3 Å². The molecule has 2 aromatic carbocycles. The second-order valence-electron chi connectivity index (χ2n) is 6.73. The minimum Gasteiger partial charge on any atom is -0.441 e. The number of aromatic nitrogens is 1. The number of amides is 1. The first-order valence-corrected chi connectivity index (χ1v) is 9.38. The molecule has 0 aliphatic carbocycles. The van der Waals surface area contributed by atoms with Gasteiger partial charge in [0.25, 0.3) is 0 Å². The molecule has 3 aromatic rings. The van der Waals surface area contributed by atoms with Crippen molar-refractivity contribution in [2.45, 2.75) is 39.7 Å². The monoisotopic (exact) mass is 382 g/mol. The van der Waals surface area contributed by atoms with Crippen LogP contribution < -0.4 is 5.32 Å². The summed E-state index contributed by atoms with van der Waals surface area (Å²) in [4.78, 5) is 16.5. The number of nitrogens with one attached hydrogen (secondary N) is 1. The molecule has 0 radical (unpaired) electrons. The highest BCUT2D eigenvalue weighted by atomic mass is 35.5. The van der Waals surface area contributed by atoms with Gasteiger partial charge in [-0.25, -0.2) is 4.98 Å². The molecule has 1 heterocycles. The number of carbonyl (C=O) groups excluding carboxylic acids is 1. The third-order valence-corrected chi connectivity index (χ3v) is 5.00. The van der Waals surface area contributed by atoms with Gasteiger partial charge in [0.05, 0.1) is 12.2 Å². The van der Waals surface area contributed by atoms with Gasteiger partial charge in [-0.3, -0.25) is 4.79 Å². The molecule has 5 heteroatoms. The highest BCUT2D eigenvalue weighted by molar-refractivity contribution is 6.31. The van der Waals surface area contributed by atoms with Gasteiger partial charge in [-0.15, -0.1) is 0 Å². The molecule has 0 spiro atoms. The lowest BCUT2D eigenvalue weighted by Crippen LogP contribution is -2.27. The van der Waals surface area contributed by atoms with E-state index in [2.05, 4.69) is 36.3 Å². The van der Waals surface area contributed by atoms with Crippen molar-refractivity contribution in [3.8, 4) is 11.3 Å². The second kappa shape index (κ2) is 8.40. The summed E-state index contributed by atoms with van der Waals surface area (Å²) in [5.41, 5.74) is 4.34. The van der Waals surface area contributed by atoms with Crippen LogP contribution in [-0.4, -0.2) is 10.9 Å². The minimum atomic E-state index is -0.151. The van der Waals surface area contributed by atoms with Gasteiger partial charge in [0.1, 0.15) is 0 Å². The lowest BCUT2D eigenvalue weighted by atomic mass is 10.1. The first-order valence-electron chi connectivity index (χ1n) is 9.00. The van der Waals surface area contributed by atoms with E-state index in [-0.39, 0.29) is 11.9 Å². The topological polar surface area (TPSA) is 55.1 Å². The number of halogens is 1. The Balaban J connectivity index is 1.57. The summed E-state index contributed by atoms with van der Waals surface area (Å²) in [5, 5.41) is 3.62. The molecule has 0 bridgehead atoms. The van der Waals surface area contributed by atoms with Crippen LogP contribution in [-0.2, 0) is 11.2 Å². The lowest BCUT2D eigenvalue weighted by molar-refractivity contribution is -0.121. The normalized spacial score (nSPS) is 12.0. The Morgan fingerprint density at radius 3 is 2.70 bits per heavy atom. The molecular formula is C22H23ClN2O2. The van der Waals surface area contributed by atoms with Crippen LogP contribution in [0.5, 0.6) is 0 Å². The van der Waals surface area contributed by atoms with Gasteiger partial charge < -0.3 is 9.73 Å². The Morgan fingerprint density at radius 1 is 1.19 bits per heavy atom. The molecule has 3 rings (SSSR count). The van der Waals surface area contributed by atoms with Crippen molar-refractivity contribution in [3.63, 3.8) is 0 Å². The summed E-state index contributed by atoms with van der Waals surface area (Å²) in [6.45, 7) is 6.07. The predicted molar refractivity (Wildman–Crippen MR) is 108 cm³/mol. The van der Waals surface area contributed by atoms with Crippen molar-refractivity contribution in [2.24, 2.45) is 0 Å². The fourth-order valence-electron chi connectivity index (χ4n) is 2.89. The van der Waals surface area contributed by atoms with E-state index >= 15 is 0 Å². The van der Waals surface area contributed by atoms with Crippen molar-refractivity contribution in [1.29, 1.82) is 0 Å². The van der Waals surface area contributed by atoms with E-state index in [4.69, 9.17) is 16.0 Å². The molecule has 0 aliphatic rings. The maximum absolute atomic E-state index is 12.2. The summed E-state index contributed by atoms with van der Waals surface area (Å²) in [6.07, 6.45) is 2.47. The summed E-state index contributed by atoms with van der Waals surface area (Å²) in [7, 11) is 0. The Kier molecular flexibility index (Phi) is 5.97. The SMILES string of the molecule is Cc1ccc(-c2cnc(CCC(=O)NC(C)c3ccccc3Cl)o2)cc1C. The molecule has 1 amide bonds. The van der Waals surface area contributed by atoms with Gasteiger partial charge in [0, 0.05) is 23.4 Å². The number of hydrogen-bond donors (Lipinski definition) is 1. The average molecular weight is 383 g/mol. The van der Waals surface area contributed by atoms with Crippen LogP contribution in [0.25, 0.3) is 11.3 Å². The number of carbonyl (C=O) groups is 1. The van der Waals surface area contributed by atoms with Crippen molar-refractivity contribution in [2.75, 3.05) is 0 Å². The number of oxazole rings is 1. The first-order chi connectivity index (χ1) is 12.9. The molecule has 0 saturated heterocycles. The Bertz CT molecular complexity index is 949. The van der Waals surface area contributed by atoms with E-state index in [1.54, 1.807) is 6.20 Å². The lowest BCUT2D eigenvalue weighted by Gasteiger charge is -2.15. The maximum atomic E-state index is 12.2. The van der Waals surface area contributed by atoms with Crippen LogP contribution >= 0.6 is 11.6 Å². The van der Waals surface area contributed by atoms with Crippen LogP contribution in [0.3, 0.4) is 0 Å². The fourth-order valence-corrected chi connectivity index (χ4v) is 3.19. The predicted octanol–water partition coefficient (Wildman–Crippen LogP) is 5.42. The van der Waals surface area contributed by atoms with Crippen LogP contribution in [0.1, 0.15) is 42.0 Å². The smallest absolute Gasteiger partial charge is 0.220 e. The fraction of sp³-hybridized carbons (Fsp3) is 0.273. The summed E-state index contributed by atoms with van der Waals surface area (Å²) in [6, 6.07) is 13.5. The largest absolute Gasteiger partial charge is 0.441 e. The molecule has 4 nitrogen and oxygen atoms in total. The highest BCUT2D eigenvalue weighted by Gasteiger charge is 2.14. The Labute approximate surface area is 164 Å². The average Bonchev–Trinajstić information content (AvgIpc) is 3.11. The molecule has 140 valence electrons. The quantitative estimate of drug-likeness (QED) is 0.619. The van der Waals surface area contributed by atoms with Crippen LogP contribution in [0.15, 0.2) is 53.1 Å². The zero-order valence-electron chi connectivity index (χ0n) is 15.8. The second-order valence-corrected chi connectivity index (χ2v) is 7.14. The molecule has 1 atom stereocenters. The molecule has 1 unspecified atom stereocenters. The highest BCUT2D eigenvalue weighted by Crippen LogP contribution is 2.24. The third-order valence-electron chi connectivity index (χ3n) is 4.66. The molecular weight excluding hydrogens is 360 g/mol. The van der Waals surface area contributed by atoms with Crippen LogP contribution in [0.2, 0.25) is 5.02 Å². The van der Waals surface area contributed by atoms with Crippen molar-refractivity contribution >= 4 is 17.5 Å². The van der Waals surface area contributed by atoms with E-state index < -0.39 is 0 Å². The number of rotatable bonds is 6. The third kappa shape index (κ3) is 4.77. The van der Waals surface area contributed by atoms with E-state index in [0.717, 1.165) is 16.9 Å². The first kappa shape index (κ1) is 19.2. The minimum absolute atomic E-state index is 0.0617. The summed E-state index contributed by atoms with van der Waals surface area (Å²) in [5.74, 6) is 1.22. The van der Waals surface area contributed by atoms with E-state index in [0.29, 0.717) is 23.8 Å². The molecule has 27 heavy (non-hydrogen) atoms. The Hall–Kier alpha value is -2.59. The van der Waals surface area contributed by atoms with E-state index in [1.165, 1.54) is 11.1 Å². The number of nitrogens with zero attached hydrogens (tertiary/aromatic N) is 1. The molecule has 0 aliphatic heterocycles. The van der Waals surface area contributed by atoms with Gasteiger partial charge in [-0.2, -0.15) is 0 Å². The standard InChI is InChI=1S/C22H23ClN2O2/c1-14-8-9-17(12-15(14)2)20-13-24-22(27-20)11-10-21(26)25-16(3)18-6-4-5-7-19(18)23/h4-9,12-13,16H,10-11H2,1-3H3,(H,25,26). The molecule has 1 aromatic heterocycles. The molecule has 1 N–H and O–H groups in total. The number of aryl methyl sites for hydroxylation is 3. The zero-order valence-corrected chi connectivity index (χ0v) is 16.5. The van der Waals surface area contributed by atoms with Gasteiger partial charge >= 0.3 is 0 Å². The molecule has 0 saturated carbocycles. The Morgan fingerprint density at radius 2 is 1.96 bits per heavy atom. The van der Waals surface area contributed by atoms with Gasteiger partial charge in [-0.1, -0.05) is 41.9 Å². The van der Waals surface area contributed by atoms with E-state index in [9.17, 15) is 4.79 Å². The van der Waals surface area contributed by atoms with Crippen LogP contribution in [0, 0.1) is 13.8 Å². The summed E-state index contributed by atoms with van der Waals surface area (Å²) >= 11 is 6.18. The van der Waals surface area contributed by atoms with Gasteiger partial charge in [0.2, 0.25) is 5.91 Å². The van der Waals surface area contributed by atoms with Crippen molar-refractivity contribution in [3.05, 3.63) is 76.3 Å². The van der Waals surface area contributed by atoms with Crippen molar-refractivity contribution in [1.82, 2.24) is 10.3 Å².